The summed E-state index contributed by atoms with van der Waals surface area (Å²) >= 11 is 0. The Labute approximate surface area is 179 Å². The van der Waals surface area contributed by atoms with Crippen LogP contribution in [0.4, 0.5) is 42.0 Å². The van der Waals surface area contributed by atoms with Gasteiger partial charge in [-0.15, -0.1) is 0 Å². The topological polar surface area (TPSA) is 108 Å². The van der Waals surface area contributed by atoms with Gasteiger partial charge in [0.1, 0.15) is 11.4 Å². The van der Waals surface area contributed by atoms with Crippen molar-refractivity contribution in [2.75, 3.05) is 16.0 Å². The molecule has 0 radical (unpaired) electrons. The highest BCUT2D eigenvalue weighted by atomic mass is 19.4. The van der Waals surface area contributed by atoms with Crippen molar-refractivity contribution in [3.05, 3.63) is 59.9 Å². The lowest BCUT2D eigenvalue weighted by Crippen LogP contribution is -2.18. The summed E-state index contributed by atoms with van der Waals surface area (Å²) < 4.78 is 40.6. The minimum Gasteiger partial charge on any atom is -0.340 e. The molecule has 4 aromatic rings. The monoisotopic (exact) mass is 439 g/mol. The Kier molecular flexibility index (Phi) is 4.65. The van der Waals surface area contributed by atoms with E-state index in [2.05, 4.69) is 36.1 Å². The number of hydrogen-bond acceptors (Lipinski definition) is 6. The van der Waals surface area contributed by atoms with Crippen molar-refractivity contribution in [1.82, 2.24) is 20.2 Å². The van der Waals surface area contributed by atoms with Gasteiger partial charge >= 0.3 is 6.18 Å². The summed E-state index contributed by atoms with van der Waals surface area (Å²) in [5.41, 5.74) is 2.46. The minimum absolute atomic E-state index is 0.00434. The van der Waals surface area contributed by atoms with Crippen molar-refractivity contribution in [2.45, 2.75) is 19.0 Å². The van der Waals surface area contributed by atoms with Crippen LogP contribution in [0.25, 0.3) is 10.9 Å². The standard InChI is InChI=1S/C21H16F3N7O/c22-21(23,24)15-10-25-20(28-14-2-4-16-11(7-14)1-6-18(32)29-16)30-19(15)27-13-3-5-17-12(8-13)9-26-31-17/h2-5,7-10H,1,6H2,(H,26,31)(H,29,32)(H2,25,27,28,30). The molecule has 5 rings (SSSR count). The van der Waals surface area contributed by atoms with E-state index in [0.717, 1.165) is 28.4 Å². The number of carbonyl (C=O) groups excluding carboxylic acids is 1. The number of H-pyrrole nitrogens is 1. The van der Waals surface area contributed by atoms with Crippen molar-refractivity contribution in [1.29, 1.82) is 0 Å². The number of rotatable bonds is 4. The number of benzene rings is 2. The van der Waals surface area contributed by atoms with E-state index in [0.29, 0.717) is 24.2 Å². The molecule has 0 atom stereocenters. The number of aryl methyl sites for hydroxylation is 1. The number of nitrogens with zero attached hydrogens (tertiary/aromatic N) is 3. The van der Waals surface area contributed by atoms with Crippen molar-refractivity contribution in [3.63, 3.8) is 0 Å². The fourth-order valence-corrected chi connectivity index (χ4v) is 3.49. The molecule has 2 aromatic carbocycles. The summed E-state index contributed by atoms with van der Waals surface area (Å²) in [5.74, 6) is -0.415. The number of anilines is 5. The summed E-state index contributed by atoms with van der Waals surface area (Å²) in [7, 11) is 0. The smallest absolute Gasteiger partial charge is 0.340 e. The van der Waals surface area contributed by atoms with Crippen LogP contribution in [0.15, 0.2) is 48.8 Å². The Hall–Kier alpha value is -4.15. The van der Waals surface area contributed by atoms with Gasteiger partial charge in [0, 0.05) is 35.1 Å². The second-order valence-electron chi connectivity index (χ2n) is 7.30. The van der Waals surface area contributed by atoms with E-state index in [1.54, 1.807) is 36.5 Å². The number of halogens is 3. The zero-order valence-corrected chi connectivity index (χ0v) is 16.4. The number of alkyl halides is 3. The van der Waals surface area contributed by atoms with Crippen LogP contribution in [0, 0.1) is 0 Å². The van der Waals surface area contributed by atoms with Crippen LogP contribution in [0.5, 0.6) is 0 Å². The van der Waals surface area contributed by atoms with Gasteiger partial charge in [-0.3, -0.25) is 9.89 Å². The predicted molar refractivity (Wildman–Crippen MR) is 113 cm³/mol. The predicted octanol–water partition coefficient (Wildman–Crippen LogP) is 4.74. The molecule has 0 aliphatic carbocycles. The molecular weight excluding hydrogens is 423 g/mol. The SMILES string of the molecule is O=C1CCc2cc(Nc3ncc(C(F)(F)F)c(Nc4ccc5[nH]ncc5c4)n3)ccc2N1. The average molecular weight is 439 g/mol. The number of hydrogen-bond donors (Lipinski definition) is 4. The number of amides is 1. The molecule has 0 bridgehead atoms. The van der Waals surface area contributed by atoms with Gasteiger partial charge in [-0.1, -0.05) is 0 Å². The molecule has 0 saturated carbocycles. The molecule has 0 saturated heterocycles. The highest BCUT2D eigenvalue weighted by Crippen LogP contribution is 2.36. The van der Waals surface area contributed by atoms with Crippen LogP contribution in [-0.4, -0.2) is 26.1 Å². The molecule has 4 N–H and O–H groups in total. The Morgan fingerprint density at radius 2 is 1.78 bits per heavy atom. The van der Waals surface area contributed by atoms with Crippen LogP contribution in [0.1, 0.15) is 17.5 Å². The van der Waals surface area contributed by atoms with Crippen molar-refractivity contribution >= 4 is 45.6 Å². The number of fused-ring (bicyclic) bond motifs is 2. The maximum absolute atomic E-state index is 13.5. The summed E-state index contributed by atoms with van der Waals surface area (Å²) in [5, 5.41) is 15.9. The second-order valence-corrected chi connectivity index (χ2v) is 7.30. The van der Waals surface area contributed by atoms with E-state index in [4.69, 9.17) is 0 Å². The fraction of sp³-hybridized carbons (Fsp3) is 0.143. The number of nitrogens with one attached hydrogen (secondary N) is 4. The van der Waals surface area contributed by atoms with Gasteiger partial charge in [0.2, 0.25) is 11.9 Å². The van der Waals surface area contributed by atoms with E-state index in [9.17, 15) is 18.0 Å². The Balaban J connectivity index is 1.45. The number of aromatic nitrogens is 4. The summed E-state index contributed by atoms with van der Waals surface area (Å²) in [4.78, 5) is 19.4. The molecular formula is C21H16F3N7O. The van der Waals surface area contributed by atoms with E-state index >= 15 is 0 Å². The highest BCUT2D eigenvalue weighted by molar-refractivity contribution is 5.94. The van der Waals surface area contributed by atoms with Crippen molar-refractivity contribution < 1.29 is 18.0 Å². The summed E-state index contributed by atoms with van der Waals surface area (Å²) in [6.07, 6.45) is -1.36. The minimum atomic E-state index is -4.63. The molecule has 11 heteroatoms. The first kappa shape index (κ1) is 19.8. The van der Waals surface area contributed by atoms with Gasteiger partial charge in [-0.2, -0.15) is 23.3 Å². The van der Waals surface area contributed by atoms with Crippen LogP contribution < -0.4 is 16.0 Å². The maximum Gasteiger partial charge on any atom is 0.421 e. The Morgan fingerprint density at radius 3 is 2.62 bits per heavy atom. The largest absolute Gasteiger partial charge is 0.421 e. The van der Waals surface area contributed by atoms with Gasteiger partial charge in [0.25, 0.3) is 0 Å². The van der Waals surface area contributed by atoms with Gasteiger partial charge in [0.15, 0.2) is 0 Å². The maximum atomic E-state index is 13.5. The quantitative estimate of drug-likeness (QED) is 0.366. The van der Waals surface area contributed by atoms with Gasteiger partial charge in [0.05, 0.1) is 11.7 Å². The number of carbonyl (C=O) groups is 1. The first-order chi connectivity index (χ1) is 15.3. The summed E-state index contributed by atoms with van der Waals surface area (Å²) in [6.45, 7) is 0. The first-order valence-corrected chi connectivity index (χ1v) is 9.69. The van der Waals surface area contributed by atoms with Crippen LogP contribution >= 0.6 is 0 Å². The third kappa shape index (κ3) is 3.92. The zero-order chi connectivity index (χ0) is 22.3. The zero-order valence-electron chi connectivity index (χ0n) is 16.4. The molecule has 162 valence electrons. The van der Waals surface area contributed by atoms with Gasteiger partial charge < -0.3 is 16.0 Å². The van der Waals surface area contributed by atoms with Crippen LogP contribution in [0.3, 0.4) is 0 Å². The average Bonchev–Trinajstić information content (AvgIpc) is 3.21. The molecule has 1 aliphatic heterocycles. The number of aromatic amines is 1. The molecule has 32 heavy (non-hydrogen) atoms. The van der Waals surface area contributed by atoms with Crippen molar-refractivity contribution in [3.8, 4) is 0 Å². The van der Waals surface area contributed by atoms with Gasteiger partial charge in [-0.25, -0.2) is 4.98 Å². The third-order valence-corrected chi connectivity index (χ3v) is 5.05. The van der Waals surface area contributed by atoms with Crippen LogP contribution in [0.2, 0.25) is 0 Å². The molecule has 2 aromatic heterocycles. The fourth-order valence-electron chi connectivity index (χ4n) is 3.49. The molecule has 3 heterocycles. The molecule has 0 spiro atoms. The molecule has 1 aliphatic rings. The molecule has 0 fully saturated rings. The molecule has 8 nitrogen and oxygen atoms in total. The van der Waals surface area contributed by atoms with E-state index < -0.39 is 11.7 Å². The van der Waals surface area contributed by atoms with Crippen LogP contribution in [-0.2, 0) is 17.4 Å². The lowest BCUT2D eigenvalue weighted by atomic mass is 10.0. The second kappa shape index (κ2) is 7.52. The summed E-state index contributed by atoms with van der Waals surface area (Å²) in [6, 6.07) is 10.3. The van der Waals surface area contributed by atoms with E-state index in [1.165, 1.54) is 0 Å². The Morgan fingerprint density at radius 1 is 0.969 bits per heavy atom. The first-order valence-electron chi connectivity index (χ1n) is 9.69. The molecule has 1 amide bonds. The van der Waals surface area contributed by atoms with E-state index in [-0.39, 0.29) is 17.7 Å². The lowest BCUT2D eigenvalue weighted by Gasteiger charge is -2.18. The van der Waals surface area contributed by atoms with Crippen molar-refractivity contribution in [2.24, 2.45) is 0 Å². The Bertz CT molecular complexity index is 1330. The van der Waals surface area contributed by atoms with Gasteiger partial charge in [-0.05, 0) is 48.4 Å². The highest BCUT2D eigenvalue weighted by Gasteiger charge is 2.35. The van der Waals surface area contributed by atoms with E-state index in [1.807, 2.05) is 6.07 Å². The lowest BCUT2D eigenvalue weighted by molar-refractivity contribution is -0.137. The third-order valence-electron chi connectivity index (χ3n) is 5.05. The normalized spacial score (nSPS) is 13.5. The molecule has 0 unspecified atom stereocenters.